The molecule has 1 amide bonds. The molecule has 3 heterocycles. The SMILES string of the molecule is CC(O)c1cc2c(Nc3cc(C4CCC(OC(=O)NC5(C)CC5)C4)[nH]n3)nccn2n1. The highest BCUT2D eigenvalue weighted by atomic mass is 16.6. The summed E-state index contributed by atoms with van der Waals surface area (Å²) in [5, 5.41) is 27.8. The molecular formula is C21H27N7O3. The van der Waals surface area contributed by atoms with Crippen LogP contribution in [0, 0.1) is 0 Å². The number of anilines is 2. The van der Waals surface area contributed by atoms with Crippen LogP contribution in [0.2, 0.25) is 0 Å². The molecule has 10 heteroatoms. The third-order valence-corrected chi connectivity index (χ3v) is 6.18. The number of rotatable bonds is 6. The Bertz CT molecular complexity index is 1100. The Balaban J connectivity index is 1.23. The molecule has 164 valence electrons. The number of alkyl carbamates (subject to hydrolysis) is 1. The van der Waals surface area contributed by atoms with Crippen LogP contribution in [-0.2, 0) is 4.74 Å². The van der Waals surface area contributed by atoms with E-state index in [1.165, 1.54) is 0 Å². The maximum atomic E-state index is 12.1. The molecule has 0 aromatic carbocycles. The fourth-order valence-electron chi connectivity index (χ4n) is 4.04. The Morgan fingerprint density at radius 2 is 2.23 bits per heavy atom. The number of nitrogens with zero attached hydrogens (tertiary/aromatic N) is 4. The summed E-state index contributed by atoms with van der Waals surface area (Å²) in [6, 6.07) is 3.77. The number of fused-ring (bicyclic) bond motifs is 1. The van der Waals surface area contributed by atoms with E-state index in [2.05, 4.69) is 30.9 Å². The molecule has 0 spiro atoms. The quantitative estimate of drug-likeness (QED) is 0.477. The van der Waals surface area contributed by atoms with Crippen LogP contribution in [0.3, 0.4) is 0 Å². The third-order valence-electron chi connectivity index (χ3n) is 6.18. The molecule has 4 N–H and O–H groups in total. The van der Waals surface area contributed by atoms with Crippen molar-refractivity contribution in [2.45, 2.75) is 69.6 Å². The third kappa shape index (κ3) is 4.20. The zero-order valence-corrected chi connectivity index (χ0v) is 17.6. The lowest BCUT2D eigenvalue weighted by molar-refractivity contribution is 0.0967. The first-order valence-electron chi connectivity index (χ1n) is 10.7. The van der Waals surface area contributed by atoms with Crippen molar-refractivity contribution < 1.29 is 14.6 Å². The number of hydrogen-bond acceptors (Lipinski definition) is 7. The predicted molar refractivity (Wildman–Crippen MR) is 113 cm³/mol. The highest BCUT2D eigenvalue weighted by Crippen LogP contribution is 2.37. The molecule has 0 saturated heterocycles. The van der Waals surface area contributed by atoms with E-state index in [4.69, 9.17) is 4.74 Å². The van der Waals surface area contributed by atoms with E-state index in [1.54, 1.807) is 29.9 Å². The Hall–Kier alpha value is -3.14. The summed E-state index contributed by atoms with van der Waals surface area (Å²) in [6.07, 6.45) is 6.93. The van der Waals surface area contributed by atoms with Crippen molar-refractivity contribution in [3.8, 4) is 0 Å². The number of nitrogens with one attached hydrogen (secondary N) is 3. The summed E-state index contributed by atoms with van der Waals surface area (Å²) < 4.78 is 7.29. The van der Waals surface area contributed by atoms with E-state index in [9.17, 15) is 9.90 Å². The zero-order valence-electron chi connectivity index (χ0n) is 17.6. The van der Waals surface area contributed by atoms with Gasteiger partial charge in [0.15, 0.2) is 11.6 Å². The first-order chi connectivity index (χ1) is 14.9. The van der Waals surface area contributed by atoms with Gasteiger partial charge in [0.2, 0.25) is 0 Å². The molecule has 2 aliphatic rings. The van der Waals surface area contributed by atoms with E-state index in [0.717, 1.165) is 43.3 Å². The monoisotopic (exact) mass is 425 g/mol. The van der Waals surface area contributed by atoms with Gasteiger partial charge in [0.05, 0.1) is 11.8 Å². The number of carbonyl (C=O) groups is 1. The van der Waals surface area contributed by atoms with Crippen molar-refractivity contribution in [2.75, 3.05) is 5.32 Å². The summed E-state index contributed by atoms with van der Waals surface area (Å²) in [7, 11) is 0. The lowest BCUT2D eigenvalue weighted by atomic mass is 10.0. The molecule has 0 radical (unpaired) electrons. The van der Waals surface area contributed by atoms with E-state index < -0.39 is 6.10 Å². The zero-order chi connectivity index (χ0) is 21.6. The van der Waals surface area contributed by atoms with Crippen molar-refractivity contribution in [1.29, 1.82) is 0 Å². The van der Waals surface area contributed by atoms with Crippen LogP contribution >= 0.6 is 0 Å². The van der Waals surface area contributed by atoms with Gasteiger partial charge in [-0.05, 0) is 52.0 Å². The molecule has 2 fully saturated rings. The standard InChI is InChI=1S/C21H27N7O3/c1-12(29)15-10-17-19(22-7-8-28(17)27-15)23-18-11-16(25-26-18)13-3-4-14(9-13)31-20(30)24-21(2)5-6-21/h7-8,10-14,29H,3-6,9H2,1-2H3,(H,24,30)(H2,22,23,25,26). The van der Waals surface area contributed by atoms with Crippen molar-refractivity contribution in [3.05, 3.63) is 35.9 Å². The van der Waals surface area contributed by atoms with Gasteiger partial charge < -0.3 is 20.5 Å². The Labute approximate surface area is 179 Å². The molecule has 5 rings (SSSR count). The summed E-state index contributed by atoms with van der Waals surface area (Å²) in [4.78, 5) is 16.5. The highest BCUT2D eigenvalue weighted by Gasteiger charge is 2.40. The van der Waals surface area contributed by atoms with Crippen LogP contribution in [0.15, 0.2) is 24.5 Å². The number of H-pyrrole nitrogens is 1. The molecule has 3 unspecified atom stereocenters. The largest absolute Gasteiger partial charge is 0.446 e. The predicted octanol–water partition coefficient (Wildman–Crippen LogP) is 3.16. The number of ether oxygens (including phenoxy) is 1. The van der Waals surface area contributed by atoms with Crippen LogP contribution in [0.1, 0.15) is 69.4 Å². The van der Waals surface area contributed by atoms with Crippen LogP contribution < -0.4 is 10.6 Å². The van der Waals surface area contributed by atoms with Crippen LogP contribution in [0.5, 0.6) is 0 Å². The molecule has 2 aliphatic carbocycles. The second kappa shape index (κ2) is 7.52. The maximum absolute atomic E-state index is 12.1. The van der Waals surface area contributed by atoms with E-state index in [0.29, 0.717) is 17.3 Å². The molecular weight excluding hydrogens is 398 g/mol. The van der Waals surface area contributed by atoms with Crippen molar-refractivity contribution in [1.82, 2.24) is 30.1 Å². The lowest BCUT2D eigenvalue weighted by Gasteiger charge is -2.16. The lowest BCUT2D eigenvalue weighted by Crippen LogP contribution is -2.36. The molecule has 0 bridgehead atoms. The number of aromatic amines is 1. The molecule has 3 aromatic rings. The van der Waals surface area contributed by atoms with E-state index in [-0.39, 0.29) is 23.7 Å². The normalized spacial score (nSPS) is 22.9. The fraction of sp³-hybridized carbons (Fsp3) is 0.524. The van der Waals surface area contributed by atoms with Crippen LogP contribution in [-0.4, -0.2) is 47.6 Å². The van der Waals surface area contributed by atoms with Crippen molar-refractivity contribution in [3.63, 3.8) is 0 Å². The highest BCUT2D eigenvalue weighted by molar-refractivity contribution is 5.72. The van der Waals surface area contributed by atoms with Gasteiger partial charge in [-0.3, -0.25) is 5.10 Å². The number of hydrogen-bond donors (Lipinski definition) is 4. The van der Waals surface area contributed by atoms with Gasteiger partial charge in [0, 0.05) is 35.6 Å². The van der Waals surface area contributed by atoms with Gasteiger partial charge in [-0.25, -0.2) is 14.3 Å². The Morgan fingerprint density at radius 1 is 1.39 bits per heavy atom. The minimum atomic E-state index is -0.656. The number of aromatic nitrogens is 5. The number of amides is 1. The minimum Gasteiger partial charge on any atom is -0.446 e. The van der Waals surface area contributed by atoms with E-state index >= 15 is 0 Å². The van der Waals surface area contributed by atoms with Gasteiger partial charge in [-0.2, -0.15) is 10.2 Å². The maximum Gasteiger partial charge on any atom is 0.407 e. The summed E-state index contributed by atoms with van der Waals surface area (Å²) in [5.74, 6) is 1.52. The van der Waals surface area contributed by atoms with Gasteiger partial charge in [-0.15, -0.1) is 0 Å². The molecule has 3 aromatic heterocycles. The van der Waals surface area contributed by atoms with Crippen molar-refractivity contribution in [2.24, 2.45) is 0 Å². The average molecular weight is 425 g/mol. The molecule has 3 atom stereocenters. The smallest absolute Gasteiger partial charge is 0.407 e. The number of carbonyl (C=O) groups excluding carboxylic acids is 1. The van der Waals surface area contributed by atoms with Gasteiger partial charge in [0.1, 0.15) is 11.6 Å². The molecule has 0 aliphatic heterocycles. The van der Waals surface area contributed by atoms with Gasteiger partial charge >= 0.3 is 6.09 Å². The van der Waals surface area contributed by atoms with Gasteiger partial charge in [-0.1, -0.05) is 0 Å². The molecule has 2 saturated carbocycles. The van der Waals surface area contributed by atoms with Crippen molar-refractivity contribution >= 4 is 23.2 Å². The van der Waals surface area contributed by atoms with Gasteiger partial charge in [0.25, 0.3) is 0 Å². The Kier molecular flexibility index (Phi) is 4.81. The molecule has 31 heavy (non-hydrogen) atoms. The first-order valence-corrected chi connectivity index (χ1v) is 10.7. The first kappa shape index (κ1) is 19.8. The summed E-state index contributed by atoms with van der Waals surface area (Å²) >= 11 is 0. The average Bonchev–Trinajstić information content (AvgIpc) is 3.17. The number of aliphatic hydroxyl groups is 1. The second-order valence-electron chi connectivity index (χ2n) is 8.91. The summed E-state index contributed by atoms with van der Waals surface area (Å²) in [5.41, 5.74) is 2.28. The van der Waals surface area contributed by atoms with E-state index in [1.807, 2.05) is 13.0 Å². The fourth-order valence-corrected chi connectivity index (χ4v) is 4.04. The van der Waals surface area contributed by atoms with Crippen LogP contribution in [0.4, 0.5) is 16.4 Å². The number of aliphatic hydroxyl groups excluding tert-OH is 1. The van der Waals surface area contributed by atoms with Crippen LogP contribution in [0.25, 0.3) is 5.52 Å². The minimum absolute atomic E-state index is 0.0680. The topological polar surface area (TPSA) is 129 Å². The molecule has 10 nitrogen and oxygen atoms in total. The summed E-state index contributed by atoms with van der Waals surface area (Å²) in [6.45, 7) is 3.71. The second-order valence-corrected chi connectivity index (χ2v) is 8.91. The Morgan fingerprint density at radius 3 is 3.00 bits per heavy atom.